The standard InChI is InChI=1S/C17H20N2O4/c1-12-15(16(20)23-11-10-22-2)14(19-17(21)18-12)9-8-13-6-4-3-5-7-13/h3-9,14H,10-11H2,1-2H3,(H2,18,19,21)/b9-8+/t14-/m0/s1. The first-order chi connectivity index (χ1) is 11.1. The Kier molecular flexibility index (Phi) is 5.94. The van der Waals surface area contributed by atoms with E-state index in [0.29, 0.717) is 17.9 Å². The highest BCUT2D eigenvalue weighted by atomic mass is 16.6. The van der Waals surface area contributed by atoms with E-state index in [4.69, 9.17) is 9.47 Å². The molecular weight excluding hydrogens is 296 g/mol. The SMILES string of the molecule is COCCOC(=O)C1=C(C)NC(=O)N[C@H]1/C=C/c1ccccc1. The average Bonchev–Trinajstić information content (AvgIpc) is 2.53. The van der Waals surface area contributed by atoms with Crippen molar-refractivity contribution in [1.82, 2.24) is 10.6 Å². The Morgan fingerprint density at radius 2 is 2.00 bits per heavy atom. The first kappa shape index (κ1) is 16.8. The van der Waals surface area contributed by atoms with Crippen molar-refractivity contribution in [3.63, 3.8) is 0 Å². The van der Waals surface area contributed by atoms with Gasteiger partial charge in [-0.15, -0.1) is 0 Å². The summed E-state index contributed by atoms with van der Waals surface area (Å²) in [5.74, 6) is -0.477. The summed E-state index contributed by atoms with van der Waals surface area (Å²) in [7, 11) is 1.53. The molecule has 0 aromatic heterocycles. The van der Waals surface area contributed by atoms with Gasteiger partial charge in [-0.05, 0) is 12.5 Å². The first-order valence-electron chi connectivity index (χ1n) is 7.29. The van der Waals surface area contributed by atoms with Crippen molar-refractivity contribution in [3.05, 3.63) is 53.2 Å². The molecule has 0 fully saturated rings. The van der Waals surface area contributed by atoms with Crippen LogP contribution in [-0.2, 0) is 14.3 Å². The number of esters is 1. The molecule has 2 rings (SSSR count). The lowest BCUT2D eigenvalue weighted by molar-refractivity contribution is -0.140. The maximum atomic E-state index is 12.3. The summed E-state index contributed by atoms with van der Waals surface area (Å²) in [6.45, 7) is 2.16. The number of urea groups is 1. The van der Waals surface area contributed by atoms with Gasteiger partial charge in [0.15, 0.2) is 0 Å². The predicted molar refractivity (Wildman–Crippen MR) is 86.5 cm³/mol. The third-order valence-electron chi connectivity index (χ3n) is 3.32. The molecule has 0 bridgehead atoms. The average molecular weight is 316 g/mol. The van der Waals surface area contributed by atoms with Crippen molar-refractivity contribution in [2.45, 2.75) is 13.0 Å². The number of methoxy groups -OCH3 is 1. The maximum Gasteiger partial charge on any atom is 0.338 e. The van der Waals surface area contributed by atoms with Gasteiger partial charge in [0, 0.05) is 12.8 Å². The molecule has 0 saturated heterocycles. The summed E-state index contributed by atoms with van der Waals surface area (Å²) in [6.07, 6.45) is 3.62. The van der Waals surface area contributed by atoms with E-state index in [1.807, 2.05) is 36.4 Å². The van der Waals surface area contributed by atoms with E-state index in [9.17, 15) is 9.59 Å². The number of allylic oxidation sites excluding steroid dienone is 1. The Morgan fingerprint density at radius 1 is 1.26 bits per heavy atom. The molecule has 0 spiro atoms. The Balaban J connectivity index is 2.17. The van der Waals surface area contributed by atoms with Gasteiger partial charge in [-0.25, -0.2) is 9.59 Å². The number of rotatable bonds is 6. The molecule has 1 aromatic rings. The van der Waals surface area contributed by atoms with Crippen LogP contribution in [-0.4, -0.2) is 38.4 Å². The molecule has 1 heterocycles. The fourth-order valence-corrected chi connectivity index (χ4v) is 2.21. The number of hydrogen-bond acceptors (Lipinski definition) is 4. The second-order valence-electron chi connectivity index (χ2n) is 5.01. The molecule has 0 aliphatic carbocycles. The van der Waals surface area contributed by atoms with Crippen LogP contribution >= 0.6 is 0 Å². The first-order valence-corrected chi connectivity index (χ1v) is 7.29. The van der Waals surface area contributed by atoms with Crippen LogP contribution in [0.25, 0.3) is 6.08 Å². The normalized spacial score (nSPS) is 17.8. The lowest BCUT2D eigenvalue weighted by Crippen LogP contribution is -2.49. The van der Waals surface area contributed by atoms with Gasteiger partial charge in [-0.2, -0.15) is 0 Å². The monoisotopic (exact) mass is 316 g/mol. The molecule has 1 atom stereocenters. The Morgan fingerprint density at radius 3 is 2.70 bits per heavy atom. The number of ether oxygens (including phenoxy) is 2. The van der Waals surface area contributed by atoms with E-state index in [1.54, 1.807) is 13.0 Å². The molecule has 0 radical (unpaired) electrons. The second-order valence-corrected chi connectivity index (χ2v) is 5.01. The van der Waals surface area contributed by atoms with Crippen LogP contribution < -0.4 is 10.6 Å². The molecule has 122 valence electrons. The van der Waals surface area contributed by atoms with E-state index < -0.39 is 12.0 Å². The van der Waals surface area contributed by atoms with Crippen LogP contribution in [0.15, 0.2) is 47.7 Å². The second kappa shape index (κ2) is 8.14. The minimum Gasteiger partial charge on any atom is -0.460 e. The molecule has 1 aliphatic rings. The molecule has 0 unspecified atom stereocenters. The van der Waals surface area contributed by atoms with Crippen LogP contribution in [0.1, 0.15) is 12.5 Å². The molecular formula is C17H20N2O4. The lowest BCUT2D eigenvalue weighted by Gasteiger charge is -2.25. The molecule has 23 heavy (non-hydrogen) atoms. The van der Waals surface area contributed by atoms with Crippen LogP contribution in [0.3, 0.4) is 0 Å². The maximum absolute atomic E-state index is 12.3. The largest absolute Gasteiger partial charge is 0.460 e. The van der Waals surface area contributed by atoms with Crippen molar-refractivity contribution in [2.75, 3.05) is 20.3 Å². The van der Waals surface area contributed by atoms with E-state index in [-0.39, 0.29) is 12.6 Å². The summed E-state index contributed by atoms with van der Waals surface area (Å²) in [5, 5.41) is 5.30. The summed E-state index contributed by atoms with van der Waals surface area (Å²) in [4.78, 5) is 23.9. The van der Waals surface area contributed by atoms with Gasteiger partial charge >= 0.3 is 12.0 Å². The van der Waals surface area contributed by atoms with Crippen molar-refractivity contribution >= 4 is 18.1 Å². The van der Waals surface area contributed by atoms with Crippen molar-refractivity contribution < 1.29 is 19.1 Å². The zero-order chi connectivity index (χ0) is 16.7. The van der Waals surface area contributed by atoms with Gasteiger partial charge < -0.3 is 20.1 Å². The highest BCUT2D eigenvalue weighted by Gasteiger charge is 2.29. The molecule has 0 saturated carbocycles. The van der Waals surface area contributed by atoms with Crippen molar-refractivity contribution in [1.29, 1.82) is 0 Å². The number of nitrogens with one attached hydrogen (secondary N) is 2. The van der Waals surface area contributed by atoms with Crippen molar-refractivity contribution in [3.8, 4) is 0 Å². The molecule has 6 nitrogen and oxygen atoms in total. The zero-order valence-electron chi connectivity index (χ0n) is 13.2. The zero-order valence-corrected chi connectivity index (χ0v) is 13.2. The number of benzene rings is 1. The van der Waals surface area contributed by atoms with Gasteiger partial charge in [-0.3, -0.25) is 0 Å². The minimum atomic E-state index is -0.543. The van der Waals surface area contributed by atoms with E-state index >= 15 is 0 Å². The predicted octanol–water partition coefficient (Wildman–Crippen LogP) is 1.84. The van der Waals surface area contributed by atoms with Crippen LogP contribution in [0.4, 0.5) is 4.79 Å². The van der Waals surface area contributed by atoms with Gasteiger partial charge in [0.25, 0.3) is 0 Å². The molecule has 1 aromatic carbocycles. The minimum absolute atomic E-state index is 0.162. The van der Waals surface area contributed by atoms with Gasteiger partial charge in [-0.1, -0.05) is 42.5 Å². The third kappa shape index (κ3) is 4.69. The van der Waals surface area contributed by atoms with Crippen LogP contribution in [0.5, 0.6) is 0 Å². The smallest absolute Gasteiger partial charge is 0.338 e. The Bertz CT molecular complexity index is 623. The summed E-state index contributed by atoms with van der Waals surface area (Å²) >= 11 is 0. The topological polar surface area (TPSA) is 76.7 Å². The van der Waals surface area contributed by atoms with Crippen LogP contribution in [0, 0.1) is 0 Å². The number of hydrogen-bond donors (Lipinski definition) is 2. The van der Waals surface area contributed by atoms with E-state index in [1.165, 1.54) is 7.11 Å². The van der Waals surface area contributed by atoms with E-state index in [0.717, 1.165) is 5.56 Å². The summed E-state index contributed by atoms with van der Waals surface area (Å²) in [6, 6.07) is 8.74. The number of amides is 2. The van der Waals surface area contributed by atoms with Gasteiger partial charge in [0.05, 0.1) is 18.2 Å². The van der Waals surface area contributed by atoms with Crippen molar-refractivity contribution in [2.24, 2.45) is 0 Å². The van der Waals surface area contributed by atoms with Gasteiger partial charge in [0.1, 0.15) is 6.61 Å². The van der Waals surface area contributed by atoms with Crippen LogP contribution in [0.2, 0.25) is 0 Å². The molecule has 2 N–H and O–H groups in total. The van der Waals surface area contributed by atoms with Gasteiger partial charge in [0.2, 0.25) is 0 Å². The Hall–Kier alpha value is -2.60. The number of carbonyl (C=O) groups excluding carboxylic acids is 2. The Labute approximate surface area is 135 Å². The van der Waals surface area contributed by atoms with E-state index in [2.05, 4.69) is 10.6 Å². The highest BCUT2D eigenvalue weighted by molar-refractivity contribution is 5.95. The molecule has 1 aliphatic heterocycles. The summed E-state index contributed by atoms with van der Waals surface area (Å²) < 4.78 is 10.0. The highest BCUT2D eigenvalue weighted by Crippen LogP contribution is 2.16. The summed E-state index contributed by atoms with van der Waals surface area (Å²) in [5.41, 5.74) is 1.84. The fraction of sp³-hybridized carbons (Fsp3) is 0.294. The molecule has 2 amide bonds. The fourth-order valence-electron chi connectivity index (χ4n) is 2.21. The molecule has 6 heteroatoms. The number of carbonyl (C=O) groups is 2. The third-order valence-corrected chi connectivity index (χ3v) is 3.32. The quantitative estimate of drug-likeness (QED) is 0.620. The lowest BCUT2D eigenvalue weighted by atomic mass is 10.0.